The molecule has 0 aliphatic carbocycles. The Labute approximate surface area is 108 Å². The molecule has 0 aromatic heterocycles. The van der Waals surface area contributed by atoms with Gasteiger partial charge in [-0.1, -0.05) is 0 Å². The molecule has 106 valence electrons. The number of piperidine rings is 1. The third kappa shape index (κ3) is 5.23. The highest BCUT2D eigenvalue weighted by Gasteiger charge is 2.25. The van der Waals surface area contributed by atoms with Gasteiger partial charge in [0.1, 0.15) is 6.04 Å². The van der Waals surface area contributed by atoms with Gasteiger partial charge in [0.15, 0.2) is 0 Å². The van der Waals surface area contributed by atoms with Crippen LogP contribution in [0.15, 0.2) is 0 Å². The molecule has 1 rings (SSSR count). The minimum atomic E-state index is -1.49. The second kappa shape index (κ2) is 6.57. The summed E-state index contributed by atoms with van der Waals surface area (Å²) >= 11 is 0. The van der Waals surface area contributed by atoms with Crippen molar-refractivity contribution >= 4 is 23.9 Å². The molecule has 19 heavy (non-hydrogen) atoms. The summed E-state index contributed by atoms with van der Waals surface area (Å²) in [6, 6.07) is -2.55. The SMILES string of the molecule is O=C(O)C[C@H](NC(=O)NC1CCC(=O)NC1)C(=O)O. The zero-order valence-corrected chi connectivity index (χ0v) is 10.0. The topological polar surface area (TPSA) is 145 Å². The van der Waals surface area contributed by atoms with E-state index in [0.29, 0.717) is 6.42 Å². The molecule has 5 N–H and O–H groups in total. The summed E-state index contributed by atoms with van der Waals surface area (Å²) in [6.07, 6.45) is 0.0303. The summed E-state index contributed by atoms with van der Waals surface area (Å²) in [5, 5.41) is 24.4. The van der Waals surface area contributed by atoms with E-state index in [2.05, 4.69) is 16.0 Å². The molecule has 9 heteroatoms. The monoisotopic (exact) mass is 273 g/mol. The third-order valence-electron chi connectivity index (χ3n) is 2.58. The third-order valence-corrected chi connectivity index (χ3v) is 2.58. The van der Waals surface area contributed by atoms with Crippen LogP contribution in [0.1, 0.15) is 19.3 Å². The van der Waals surface area contributed by atoms with Crippen LogP contribution >= 0.6 is 0 Å². The molecule has 1 unspecified atom stereocenters. The van der Waals surface area contributed by atoms with Gasteiger partial charge < -0.3 is 26.2 Å². The van der Waals surface area contributed by atoms with Gasteiger partial charge in [-0.05, 0) is 6.42 Å². The van der Waals surface area contributed by atoms with E-state index in [0.717, 1.165) is 0 Å². The van der Waals surface area contributed by atoms with Crippen molar-refractivity contribution in [3.05, 3.63) is 0 Å². The molecule has 0 radical (unpaired) electrons. The first-order valence-corrected chi connectivity index (χ1v) is 5.67. The molecule has 1 saturated heterocycles. The maximum Gasteiger partial charge on any atom is 0.326 e. The van der Waals surface area contributed by atoms with E-state index in [1.54, 1.807) is 0 Å². The zero-order chi connectivity index (χ0) is 14.4. The lowest BCUT2D eigenvalue weighted by Gasteiger charge is -2.24. The second-order valence-electron chi connectivity index (χ2n) is 4.15. The van der Waals surface area contributed by atoms with Gasteiger partial charge in [-0.3, -0.25) is 9.59 Å². The lowest BCUT2D eigenvalue weighted by atomic mass is 10.1. The second-order valence-corrected chi connectivity index (χ2v) is 4.15. The molecule has 0 spiro atoms. The standard InChI is InChI=1S/C10H15N3O6/c14-7-2-1-5(4-11-7)12-10(19)13-6(9(17)18)3-8(15)16/h5-6H,1-4H2,(H,11,14)(H,15,16)(H,17,18)(H2,12,13,19)/t5?,6-/m0/s1. The summed E-state index contributed by atoms with van der Waals surface area (Å²) in [4.78, 5) is 43.6. The number of carboxylic acids is 2. The molecule has 0 aromatic rings. The lowest BCUT2D eigenvalue weighted by Crippen LogP contribution is -2.53. The number of hydrogen-bond donors (Lipinski definition) is 5. The smallest absolute Gasteiger partial charge is 0.326 e. The van der Waals surface area contributed by atoms with Crippen LogP contribution in [0.25, 0.3) is 0 Å². The molecular weight excluding hydrogens is 258 g/mol. The van der Waals surface area contributed by atoms with Gasteiger partial charge in [0.25, 0.3) is 0 Å². The Balaban J connectivity index is 2.42. The van der Waals surface area contributed by atoms with Crippen molar-refractivity contribution in [2.75, 3.05) is 6.54 Å². The molecule has 0 saturated carbocycles. The number of aliphatic carboxylic acids is 2. The van der Waals surface area contributed by atoms with Crippen LogP contribution in [-0.4, -0.2) is 52.7 Å². The summed E-state index contributed by atoms with van der Waals surface area (Å²) in [7, 11) is 0. The molecule has 1 aliphatic rings. The van der Waals surface area contributed by atoms with Gasteiger partial charge in [-0.15, -0.1) is 0 Å². The number of hydrogen-bond acceptors (Lipinski definition) is 4. The molecule has 2 atom stereocenters. The van der Waals surface area contributed by atoms with Gasteiger partial charge in [-0.25, -0.2) is 9.59 Å². The molecule has 1 aliphatic heterocycles. The van der Waals surface area contributed by atoms with Crippen LogP contribution in [0.5, 0.6) is 0 Å². The number of carbonyl (C=O) groups is 4. The van der Waals surface area contributed by atoms with Crippen molar-refractivity contribution in [1.82, 2.24) is 16.0 Å². The van der Waals surface area contributed by atoms with Crippen LogP contribution in [0.2, 0.25) is 0 Å². The summed E-state index contributed by atoms with van der Waals surface area (Å²) < 4.78 is 0. The van der Waals surface area contributed by atoms with Crippen molar-refractivity contribution in [1.29, 1.82) is 0 Å². The largest absolute Gasteiger partial charge is 0.481 e. The van der Waals surface area contributed by atoms with Crippen LogP contribution in [-0.2, 0) is 14.4 Å². The van der Waals surface area contributed by atoms with Gasteiger partial charge in [-0.2, -0.15) is 0 Å². The maximum atomic E-state index is 11.5. The first-order chi connectivity index (χ1) is 8.88. The van der Waals surface area contributed by atoms with Gasteiger partial charge in [0, 0.05) is 19.0 Å². The van der Waals surface area contributed by atoms with E-state index in [-0.39, 0.29) is 24.9 Å². The number of rotatable bonds is 5. The highest BCUT2D eigenvalue weighted by atomic mass is 16.4. The van der Waals surface area contributed by atoms with E-state index in [1.165, 1.54) is 0 Å². The molecule has 1 fully saturated rings. The highest BCUT2D eigenvalue weighted by molar-refractivity contribution is 5.86. The number of amides is 3. The molecule has 9 nitrogen and oxygen atoms in total. The van der Waals surface area contributed by atoms with Gasteiger partial charge >= 0.3 is 18.0 Å². The Morgan fingerprint density at radius 1 is 1.37 bits per heavy atom. The normalized spacial score (nSPS) is 20.0. The highest BCUT2D eigenvalue weighted by Crippen LogP contribution is 2.02. The average Bonchev–Trinajstić information content (AvgIpc) is 2.30. The number of carboxylic acid groups (broad SMARTS) is 2. The number of nitrogens with one attached hydrogen (secondary N) is 3. The summed E-state index contributed by atoms with van der Waals surface area (Å²) in [5.74, 6) is -2.85. The van der Waals surface area contributed by atoms with Crippen molar-refractivity contribution in [2.45, 2.75) is 31.3 Å². The Morgan fingerprint density at radius 3 is 2.53 bits per heavy atom. The van der Waals surface area contributed by atoms with Crippen molar-refractivity contribution < 1.29 is 29.4 Å². The average molecular weight is 273 g/mol. The lowest BCUT2D eigenvalue weighted by molar-refractivity contribution is -0.145. The van der Waals surface area contributed by atoms with Crippen molar-refractivity contribution in [2.24, 2.45) is 0 Å². The number of urea groups is 1. The fourth-order valence-electron chi connectivity index (χ4n) is 1.62. The van der Waals surface area contributed by atoms with Crippen LogP contribution in [0, 0.1) is 0 Å². The first kappa shape index (κ1) is 14.7. The van der Waals surface area contributed by atoms with Crippen LogP contribution in [0.3, 0.4) is 0 Å². The van der Waals surface area contributed by atoms with Crippen molar-refractivity contribution in [3.63, 3.8) is 0 Å². The van der Waals surface area contributed by atoms with Crippen LogP contribution in [0.4, 0.5) is 4.79 Å². The van der Waals surface area contributed by atoms with E-state index in [4.69, 9.17) is 10.2 Å². The van der Waals surface area contributed by atoms with Crippen LogP contribution < -0.4 is 16.0 Å². The minimum Gasteiger partial charge on any atom is -0.481 e. The Morgan fingerprint density at radius 2 is 2.05 bits per heavy atom. The van der Waals surface area contributed by atoms with E-state index in [9.17, 15) is 19.2 Å². The first-order valence-electron chi connectivity index (χ1n) is 5.67. The number of carbonyl (C=O) groups excluding carboxylic acids is 2. The summed E-state index contributed by atoms with van der Waals surface area (Å²) in [5.41, 5.74) is 0. The Hall–Kier alpha value is -2.32. The Kier molecular flexibility index (Phi) is 5.10. The fraction of sp³-hybridized carbons (Fsp3) is 0.600. The zero-order valence-electron chi connectivity index (χ0n) is 10.0. The van der Waals surface area contributed by atoms with Crippen molar-refractivity contribution in [3.8, 4) is 0 Å². The van der Waals surface area contributed by atoms with Gasteiger partial charge in [0.2, 0.25) is 5.91 Å². The predicted octanol–water partition coefficient (Wildman–Crippen LogP) is -1.51. The quantitative estimate of drug-likeness (QED) is 0.412. The summed E-state index contributed by atoms with van der Waals surface area (Å²) in [6.45, 7) is 0.267. The van der Waals surface area contributed by atoms with E-state index >= 15 is 0 Å². The van der Waals surface area contributed by atoms with Gasteiger partial charge in [0.05, 0.1) is 6.42 Å². The molecule has 0 bridgehead atoms. The van der Waals surface area contributed by atoms with E-state index in [1.807, 2.05) is 0 Å². The van der Waals surface area contributed by atoms with E-state index < -0.39 is 30.4 Å². The Bertz CT molecular complexity index is 387. The molecule has 0 aromatic carbocycles. The maximum absolute atomic E-state index is 11.5. The molecule has 1 heterocycles. The molecular formula is C10H15N3O6. The molecule has 3 amide bonds. The predicted molar refractivity (Wildman–Crippen MR) is 61.4 cm³/mol. The minimum absolute atomic E-state index is 0.104. The fourth-order valence-corrected chi connectivity index (χ4v) is 1.62.